The van der Waals surface area contributed by atoms with Gasteiger partial charge in [0.1, 0.15) is 10.2 Å². The van der Waals surface area contributed by atoms with Crippen LogP contribution in [0.4, 0.5) is 0 Å². The number of phenols is 1. The molecule has 2 aromatic carbocycles. The van der Waals surface area contributed by atoms with E-state index in [2.05, 4.69) is 25.1 Å². The van der Waals surface area contributed by atoms with Crippen LogP contribution in [-0.2, 0) is 0 Å². The Bertz CT molecular complexity index is 1140. The Hall–Kier alpha value is -2.75. The molecule has 10 heteroatoms. The van der Waals surface area contributed by atoms with E-state index < -0.39 is 0 Å². The first-order valence-corrected chi connectivity index (χ1v) is 10.4. The number of methoxy groups -OCH3 is 1. The highest BCUT2D eigenvalue weighted by Crippen LogP contribution is 2.33. The van der Waals surface area contributed by atoms with E-state index in [1.807, 2.05) is 30.3 Å². The molecule has 0 aliphatic rings. The molecule has 0 aliphatic carbocycles. The standard InChI is InChI=1S/C19H14ClN5O2S2/c1-27-14-9-11(7-8-13(14)26)17-23-19(25-24-17)29-16-10-15(20)21-18(22-16)28-12-5-3-2-4-6-12/h2-10,26H,1H3,(H,23,24,25). The molecule has 2 aromatic heterocycles. The van der Waals surface area contributed by atoms with Crippen molar-refractivity contribution in [2.45, 2.75) is 20.2 Å². The number of ether oxygens (including phenoxy) is 1. The maximum absolute atomic E-state index is 9.74. The van der Waals surface area contributed by atoms with E-state index in [-0.39, 0.29) is 5.75 Å². The number of nitrogens with one attached hydrogen (secondary N) is 1. The van der Waals surface area contributed by atoms with Crippen molar-refractivity contribution in [2.75, 3.05) is 7.11 Å². The number of aromatic nitrogens is 5. The number of hydrogen-bond donors (Lipinski definition) is 2. The fourth-order valence-corrected chi connectivity index (χ4v) is 4.27. The number of phenolic OH excluding ortho intramolecular Hbond substituents is 1. The predicted molar refractivity (Wildman–Crippen MR) is 112 cm³/mol. The Morgan fingerprint density at radius 3 is 2.59 bits per heavy atom. The van der Waals surface area contributed by atoms with E-state index in [4.69, 9.17) is 16.3 Å². The van der Waals surface area contributed by atoms with Crippen LogP contribution in [0.25, 0.3) is 11.4 Å². The van der Waals surface area contributed by atoms with Gasteiger partial charge >= 0.3 is 0 Å². The summed E-state index contributed by atoms with van der Waals surface area (Å²) < 4.78 is 5.13. The molecular formula is C19H14ClN5O2S2. The number of benzene rings is 2. The van der Waals surface area contributed by atoms with Gasteiger partial charge in [-0.1, -0.05) is 29.8 Å². The molecule has 0 amide bonds. The maximum atomic E-state index is 9.74. The summed E-state index contributed by atoms with van der Waals surface area (Å²) in [7, 11) is 1.49. The van der Waals surface area contributed by atoms with Gasteiger partial charge in [0.15, 0.2) is 22.5 Å². The fourth-order valence-electron chi connectivity index (χ4n) is 2.41. The second-order valence-electron chi connectivity index (χ2n) is 5.68. The number of aromatic amines is 1. The second-order valence-corrected chi connectivity index (χ2v) is 8.10. The molecule has 0 saturated heterocycles. The van der Waals surface area contributed by atoms with Crippen molar-refractivity contribution in [3.63, 3.8) is 0 Å². The third-order valence-electron chi connectivity index (χ3n) is 3.72. The zero-order chi connectivity index (χ0) is 20.2. The molecule has 0 unspecified atom stereocenters. The number of aromatic hydroxyl groups is 1. The van der Waals surface area contributed by atoms with Crippen LogP contribution in [0.1, 0.15) is 0 Å². The van der Waals surface area contributed by atoms with Gasteiger partial charge in [-0.05, 0) is 53.9 Å². The zero-order valence-corrected chi connectivity index (χ0v) is 17.4. The van der Waals surface area contributed by atoms with E-state index in [0.717, 1.165) is 10.5 Å². The van der Waals surface area contributed by atoms with Crippen molar-refractivity contribution in [1.82, 2.24) is 25.1 Å². The van der Waals surface area contributed by atoms with Crippen LogP contribution < -0.4 is 4.74 Å². The minimum atomic E-state index is 0.0597. The van der Waals surface area contributed by atoms with Crippen molar-refractivity contribution in [1.29, 1.82) is 0 Å². The lowest BCUT2D eigenvalue weighted by atomic mass is 10.2. The first-order chi connectivity index (χ1) is 14.1. The summed E-state index contributed by atoms with van der Waals surface area (Å²) in [6.07, 6.45) is 0. The SMILES string of the molecule is COc1cc(-c2nc(Sc3cc(Cl)nc(Sc4ccccc4)n3)n[nH]2)ccc1O. The van der Waals surface area contributed by atoms with E-state index in [9.17, 15) is 5.11 Å². The summed E-state index contributed by atoms with van der Waals surface area (Å²) in [6.45, 7) is 0. The molecule has 146 valence electrons. The minimum absolute atomic E-state index is 0.0597. The van der Waals surface area contributed by atoms with Gasteiger partial charge in [-0.25, -0.2) is 15.0 Å². The quantitative estimate of drug-likeness (QED) is 0.319. The van der Waals surface area contributed by atoms with Crippen LogP contribution in [0.2, 0.25) is 5.15 Å². The predicted octanol–water partition coefficient (Wildman–Crippen LogP) is 4.93. The van der Waals surface area contributed by atoms with Crippen molar-refractivity contribution in [3.8, 4) is 22.9 Å². The van der Waals surface area contributed by atoms with Crippen LogP contribution in [0.3, 0.4) is 0 Å². The van der Waals surface area contributed by atoms with E-state index >= 15 is 0 Å². The molecule has 2 N–H and O–H groups in total. The number of rotatable bonds is 6. The highest BCUT2D eigenvalue weighted by atomic mass is 35.5. The largest absolute Gasteiger partial charge is 0.504 e. The molecule has 0 fully saturated rings. The van der Waals surface area contributed by atoms with Crippen LogP contribution in [-0.4, -0.2) is 37.4 Å². The Morgan fingerprint density at radius 1 is 0.966 bits per heavy atom. The van der Waals surface area contributed by atoms with E-state index in [0.29, 0.717) is 32.1 Å². The molecule has 7 nitrogen and oxygen atoms in total. The summed E-state index contributed by atoms with van der Waals surface area (Å²) in [5.74, 6) is 0.965. The van der Waals surface area contributed by atoms with Gasteiger partial charge < -0.3 is 9.84 Å². The summed E-state index contributed by atoms with van der Waals surface area (Å²) in [5, 5.41) is 18.9. The summed E-state index contributed by atoms with van der Waals surface area (Å²) >= 11 is 8.87. The Labute approximate surface area is 179 Å². The Kier molecular flexibility index (Phi) is 5.89. The minimum Gasteiger partial charge on any atom is -0.504 e. The normalized spacial score (nSPS) is 10.8. The van der Waals surface area contributed by atoms with Crippen molar-refractivity contribution >= 4 is 35.1 Å². The third kappa shape index (κ3) is 4.81. The van der Waals surface area contributed by atoms with Gasteiger partial charge in [-0.2, -0.15) is 0 Å². The van der Waals surface area contributed by atoms with E-state index in [1.54, 1.807) is 24.3 Å². The van der Waals surface area contributed by atoms with Gasteiger partial charge in [0.25, 0.3) is 0 Å². The van der Waals surface area contributed by atoms with Crippen LogP contribution in [0, 0.1) is 0 Å². The van der Waals surface area contributed by atoms with E-state index in [1.165, 1.54) is 30.6 Å². The molecule has 0 spiro atoms. The van der Waals surface area contributed by atoms with Gasteiger partial charge in [0, 0.05) is 16.5 Å². The lowest BCUT2D eigenvalue weighted by molar-refractivity contribution is 0.373. The van der Waals surface area contributed by atoms with Gasteiger partial charge in [-0.3, -0.25) is 5.10 Å². The van der Waals surface area contributed by atoms with Crippen LogP contribution >= 0.6 is 35.1 Å². The Balaban J connectivity index is 1.54. The average Bonchev–Trinajstić information content (AvgIpc) is 3.17. The second kappa shape index (κ2) is 8.73. The van der Waals surface area contributed by atoms with Crippen molar-refractivity contribution < 1.29 is 9.84 Å². The molecule has 0 bridgehead atoms. The molecule has 0 aliphatic heterocycles. The highest BCUT2D eigenvalue weighted by Gasteiger charge is 2.13. The number of hydrogen-bond acceptors (Lipinski definition) is 8. The molecule has 2 heterocycles. The molecule has 0 atom stereocenters. The smallest absolute Gasteiger partial charge is 0.215 e. The van der Waals surface area contributed by atoms with Crippen LogP contribution in [0.15, 0.2) is 74.8 Å². The number of nitrogens with zero attached hydrogens (tertiary/aromatic N) is 4. The molecular weight excluding hydrogens is 430 g/mol. The van der Waals surface area contributed by atoms with Crippen LogP contribution in [0.5, 0.6) is 11.5 Å². The van der Waals surface area contributed by atoms with Gasteiger partial charge in [-0.15, -0.1) is 5.10 Å². The Morgan fingerprint density at radius 2 is 1.79 bits per heavy atom. The van der Waals surface area contributed by atoms with Crippen molar-refractivity contribution in [3.05, 3.63) is 59.8 Å². The van der Waals surface area contributed by atoms with Gasteiger partial charge in [0.05, 0.1) is 7.11 Å². The number of halogens is 1. The van der Waals surface area contributed by atoms with Crippen molar-refractivity contribution in [2.24, 2.45) is 0 Å². The molecule has 0 radical (unpaired) electrons. The third-order valence-corrected chi connectivity index (χ3v) is 5.57. The number of H-pyrrole nitrogens is 1. The first kappa shape index (κ1) is 19.6. The average molecular weight is 444 g/mol. The highest BCUT2D eigenvalue weighted by molar-refractivity contribution is 7.99. The lowest BCUT2D eigenvalue weighted by Gasteiger charge is -2.04. The maximum Gasteiger partial charge on any atom is 0.215 e. The molecule has 29 heavy (non-hydrogen) atoms. The first-order valence-electron chi connectivity index (χ1n) is 8.36. The molecule has 0 saturated carbocycles. The zero-order valence-electron chi connectivity index (χ0n) is 15.0. The topological polar surface area (TPSA) is 96.8 Å². The lowest BCUT2D eigenvalue weighted by Crippen LogP contribution is -1.90. The monoisotopic (exact) mass is 443 g/mol. The molecule has 4 aromatic rings. The molecule has 4 rings (SSSR count). The summed E-state index contributed by atoms with van der Waals surface area (Å²) in [5.41, 5.74) is 0.736. The van der Waals surface area contributed by atoms with Gasteiger partial charge in [0.2, 0.25) is 5.16 Å². The fraction of sp³-hybridized carbons (Fsp3) is 0.0526. The summed E-state index contributed by atoms with van der Waals surface area (Å²) in [4.78, 5) is 14.3. The summed E-state index contributed by atoms with van der Waals surface area (Å²) in [6, 6.07) is 16.4.